The van der Waals surface area contributed by atoms with Crippen molar-refractivity contribution in [2.45, 2.75) is 38.6 Å². The van der Waals surface area contributed by atoms with E-state index in [1.165, 1.54) is 12.8 Å². The van der Waals surface area contributed by atoms with Gasteiger partial charge in [0, 0.05) is 17.4 Å². The maximum absolute atomic E-state index is 11.3. The zero-order chi connectivity index (χ0) is 13.1. The van der Waals surface area contributed by atoms with Crippen LogP contribution < -0.4 is 16.4 Å². The summed E-state index contributed by atoms with van der Waals surface area (Å²) in [6, 6.07) is 6.25. The predicted molar refractivity (Wildman–Crippen MR) is 74.4 cm³/mol. The number of benzene rings is 1. The monoisotopic (exact) mass is 247 g/mol. The summed E-state index contributed by atoms with van der Waals surface area (Å²) in [6.45, 7) is 2.31. The molecule has 0 bridgehead atoms. The van der Waals surface area contributed by atoms with Crippen molar-refractivity contribution in [3.8, 4) is 0 Å². The number of aryl methyl sites for hydroxylation is 1. The first-order valence-electron chi connectivity index (χ1n) is 6.49. The topological polar surface area (TPSA) is 72.3 Å². The van der Waals surface area contributed by atoms with E-state index in [0.29, 0.717) is 6.04 Å². The largest absolute Gasteiger partial charge is 0.399 e. The van der Waals surface area contributed by atoms with E-state index >= 15 is 0 Å². The fourth-order valence-corrected chi connectivity index (χ4v) is 2.80. The number of nitrogens with two attached hydrogens (primary N) is 2. The molecule has 1 fully saturated rings. The Morgan fingerprint density at radius 1 is 1.39 bits per heavy atom. The van der Waals surface area contributed by atoms with Gasteiger partial charge in [-0.2, -0.15) is 0 Å². The average molecular weight is 247 g/mol. The summed E-state index contributed by atoms with van der Waals surface area (Å²) in [5, 5.41) is 0. The van der Waals surface area contributed by atoms with E-state index in [0.717, 1.165) is 29.8 Å². The lowest BCUT2D eigenvalue weighted by molar-refractivity contribution is -0.116. The Kier molecular flexibility index (Phi) is 3.75. The highest BCUT2D eigenvalue weighted by molar-refractivity contribution is 5.80. The van der Waals surface area contributed by atoms with Crippen molar-refractivity contribution in [2.75, 3.05) is 17.2 Å². The van der Waals surface area contributed by atoms with Crippen LogP contribution in [-0.2, 0) is 4.79 Å². The van der Waals surface area contributed by atoms with Crippen molar-refractivity contribution in [1.29, 1.82) is 0 Å². The highest BCUT2D eigenvalue weighted by atomic mass is 16.1. The quantitative estimate of drug-likeness (QED) is 0.797. The van der Waals surface area contributed by atoms with Crippen LogP contribution in [0.1, 0.15) is 31.2 Å². The summed E-state index contributed by atoms with van der Waals surface area (Å²) in [5.41, 5.74) is 14.1. The van der Waals surface area contributed by atoms with Gasteiger partial charge < -0.3 is 16.4 Å². The lowest BCUT2D eigenvalue weighted by Gasteiger charge is -2.31. The van der Waals surface area contributed by atoms with Crippen molar-refractivity contribution in [1.82, 2.24) is 0 Å². The molecule has 4 N–H and O–H groups in total. The van der Waals surface area contributed by atoms with Gasteiger partial charge in [0.15, 0.2) is 0 Å². The van der Waals surface area contributed by atoms with Crippen LogP contribution in [-0.4, -0.2) is 18.5 Å². The molecule has 18 heavy (non-hydrogen) atoms. The van der Waals surface area contributed by atoms with Crippen LogP contribution in [0.3, 0.4) is 0 Å². The minimum absolute atomic E-state index is 0.280. The van der Waals surface area contributed by atoms with Gasteiger partial charge in [-0.3, -0.25) is 4.79 Å². The van der Waals surface area contributed by atoms with E-state index in [1.807, 2.05) is 25.1 Å². The lowest BCUT2D eigenvalue weighted by atomic mass is 10.1. The molecule has 0 unspecified atom stereocenters. The molecule has 1 aliphatic rings. The van der Waals surface area contributed by atoms with Crippen molar-refractivity contribution in [2.24, 2.45) is 5.73 Å². The van der Waals surface area contributed by atoms with Crippen molar-refractivity contribution >= 4 is 17.3 Å². The summed E-state index contributed by atoms with van der Waals surface area (Å²) >= 11 is 0. The van der Waals surface area contributed by atoms with Gasteiger partial charge in [-0.1, -0.05) is 12.8 Å². The summed E-state index contributed by atoms with van der Waals surface area (Å²) in [7, 11) is 0. The van der Waals surface area contributed by atoms with E-state index in [1.54, 1.807) is 0 Å². The van der Waals surface area contributed by atoms with Gasteiger partial charge in [0.2, 0.25) is 5.91 Å². The summed E-state index contributed by atoms with van der Waals surface area (Å²) < 4.78 is 0. The van der Waals surface area contributed by atoms with Crippen molar-refractivity contribution in [3.63, 3.8) is 0 Å². The molecule has 1 amide bonds. The third-order valence-electron chi connectivity index (χ3n) is 3.62. The molecular weight excluding hydrogens is 226 g/mol. The number of hydrogen-bond acceptors (Lipinski definition) is 3. The number of primary amides is 1. The number of carbonyl (C=O) groups is 1. The molecular formula is C14H21N3O. The average Bonchev–Trinajstić information content (AvgIpc) is 2.79. The molecule has 1 aromatic carbocycles. The molecule has 0 radical (unpaired) electrons. The second-order valence-corrected chi connectivity index (χ2v) is 5.08. The van der Waals surface area contributed by atoms with Crippen LogP contribution in [0.15, 0.2) is 18.2 Å². The maximum atomic E-state index is 11.3. The molecule has 0 heterocycles. The van der Waals surface area contributed by atoms with Gasteiger partial charge in [-0.05, 0) is 43.5 Å². The number of nitrogen functional groups attached to an aromatic ring is 1. The van der Waals surface area contributed by atoms with Gasteiger partial charge in [-0.15, -0.1) is 0 Å². The van der Waals surface area contributed by atoms with Crippen LogP contribution in [0.25, 0.3) is 0 Å². The Morgan fingerprint density at radius 3 is 2.61 bits per heavy atom. The standard InChI is InChI=1S/C14H21N3O/c1-10-8-11(15)6-7-13(10)17(9-14(16)18)12-4-2-3-5-12/h6-8,12H,2-5,9,15H2,1H3,(H2,16,18). The van der Waals surface area contributed by atoms with E-state index < -0.39 is 0 Å². The predicted octanol–water partition coefficient (Wildman–Crippen LogP) is 1.81. The highest BCUT2D eigenvalue weighted by Gasteiger charge is 2.24. The van der Waals surface area contributed by atoms with E-state index in [9.17, 15) is 4.79 Å². The number of rotatable bonds is 4. The number of carbonyl (C=O) groups excluding carboxylic acids is 1. The molecule has 0 spiro atoms. The first-order valence-corrected chi connectivity index (χ1v) is 6.49. The van der Waals surface area contributed by atoms with Crippen LogP contribution >= 0.6 is 0 Å². The number of nitrogens with zero attached hydrogens (tertiary/aromatic N) is 1. The lowest BCUT2D eigenvalue weighted by Crippen LogP contribution is -2.40. The van der Waals surface area contributed by atoms with E-state index in [2.05, 4.69) is 4.90 Å². The zero-order valence-corrected chi connectivity index (χ0v) is 10.9. The number of hydrogen-bond donors (Lipinski definition) is 2. The maximum Gasteiger partial charge on any atom is 0.236 e. The molecule has 0 aliphatic heterocycles. The minimum atomic E-state index is -0.280. The van der Waals surface area contributed by atoms with Crippen LogP contribution in [0, 0.1) is 6.92 Å². The fourth-order valence-electron chi connectivity index (χ4n) is 2.80. The molecule has 4 nitrogen and oxygen atoms in total. The molecule has 98 valence electrons. The number of amides is 1. The van der Waals surface area contributed by atoms with Crippen LogP contribution in [0.2, 0.25) is 0 Å². The summed E-state index contributed by atoms with van der Waals surface area (Å²) in [4.78, 5) is 13.4. The Bertz CT molecular complexity index is 439. The number of anilines is 2. The fraction of sp³-hybridized carbons (Fsp3) is 0.500. The molecule has 0 atom stereocenters. The van der Waals surface area contributed by atoms with E-state index in [4.69, 9.17) is 11.5 Å². The van der Waals surface area contributed by atoms with E-state index in [-0.39, 0.29) is 12.5 Å². The highest BCUT2D eigenvalue weighted by Crippen LogP contribution is 2.30. The molecule has 4 heteroatoms. The molecule has 0 saturated heterocycles. The summed E-state index contributed by atoms with van der Waals surface area (Å²) in [5.74, 6) is -0.280. The minimum Gasteiger partial charge on any atom is -0.399 e. The molecule has 0 aromatic heterocycles. The smallest absolute Gasteiger partial charge is 0.236 e. The molecule has 1 aromatic rings. The van der Waals surface area contributed by atoms with Crippen LogP contribution in [0.4, 0.5) is 11.4 Å². The second kappa shape index (κ2) is 5.29. The third kappa shape index (κ3) is 2.75. The van der Waals surface area contributed by atoms with Crippen molar-refractivity contribution in [3.05, 3.63) is 23.8 Å². The van der Waals surface area contributed by atoms with Crippen LogP contribution in [0.5, 0.6) is 0 Å². The van der Waals surface area contributed by atoms with Crippen molar-refractivity contribution < 1.29 is 4.79 Å². The molecule has 2 rings (SSSR count). The molecule has 1 saturated carbocycles. The second-order valence-electron chi connectivity index (χ2n) is 5.08. The van der Waals surface area contributed by atoms with Gasteiger partial charge in [-0.25, -0.2) is 0 Å². The Hall–Kier alpha value is -1.71. The third-order valence-corrected chi connectivity index (χ3v) is 3.62. The Labute approximate surface area is 108 Å². The van der Waals surface area contributed by atoms with Gasteiger partial charge in [0.1, 0.15) is 0 Å². The first-order chi connectivity index (χ1) is 8.58. The zero-order valence-electron chi connectivity index (χ0n) is 10.9. The first kappa shape index (κ1) is 12.7. The summed E-state index contributed by atoms with van der Waals surface area (Å²) in [6.07, 6.45) is 4.73. The molecule has 1 aliphatic carbocycles. The SMILES string of the molecule is Cc1cc(N)ccc1N(CC(N)=O)C1CCCC1. The Morgan fingerprint density at radius 2 is 2.06 bits per heavy atom. The van der Waals surface area contributed by atoms with Gasteiger partial charge in [0.25, 0.3) is 0 Å². The Balaban J connectivity index is 2.29. The normalized spacial score (nSPS) is 15.8. The van der Waals surface area contributed by atoms with Gasteiger partial charge in [0.05, 0.1) is 6.54 Å². The van der Waals surface area contributed by atoms with Gasteiger partial charge >= 0.3 is 0 Å².